The Morgan fingerprint density at radius 2 is 1.89 bits per heavy atom. The molecule has 1 spiro atoms. The molecule has 4 rings (SSSR count). The number of nitrogens with one attached hydrogen (secondary N) is 1. The molecule has 6 nitrogen and oxygen atoms in total. The second-order valence-corrected chi connectivity index (χ2v) is 8.19. The van der Waals surface area contributed by atoms with E-state index in [2.05, 4.69) is 40.3 Å². The molecule has 2 aliphatic rings. The summed E-state index contributed by atoms with van der Waals surface area (Å²) in [7, 11) is 3.95. The summed E-state index contributed by atoms with van der Waals surface area (Å²) in [6.45, 7) is 3.91. The van der Waals surface area contributed by atoms with Crippen molar-refractivity contribution in [3.05, 3.63) is 47.7 Å². The maximum Gasteiger partial charge on any atom is 0.228 e. The summed E-state index contributed by atoms with van der Waals surface area (Å²) in [5.41, 5.74) is 2.10. The van der Waals surface area contributed by atoms with Crippen LogP contribution in [0.25, 0.3) is 0 Å². The lowest BCUT2D eigenvalue weighted by molar-refractivity contribution is -0.121. The summed E-state index contributed by atoms with van der Waals surface area (Å²) in [5, 5.41) is 3.34. The molecule has 3 heterocycles. The summed E-state index contributed by atoms with van der Waals surface area (Å²) in [4.78, 5) is 26.3. The van der Waals surface area contributed by atoms with Gasteiger partial charge in [0.05, 0.1) is 5.92 Å². The second kappa shape index (κ2) is 7.41. The van der Waals surface area contributed by atoms with Gasteiger partial charge in [-0.1, -0.05) is 37.3 Å². The van der Waals surface area contributed by atoms with Crippen molar-refractivity contribution in [3.63, 3.8) is 0 Å². The molecule has 2 aromatic rings. The first-order chi connectivity index (χ1) is 13.5. The third kappa shape index (κ3) is 3.55. The van der Waals surface area contributed by atoms with Gasteiger partial charge in [0.15, 0.2) is 0 Å². The van der Waals surface area contributed by atoms with Crippen LogP contribution in [0.1, 0.15) is 43.4 Å². The third-order valence-corrected chi connectivity index (χ3v) is 6.06. The Morgan fingerprint density at radius 3 is 2.54 bits per heavy atom. The Kier molecular flexibility index (Phi) is 4.96. The van der Waals surface area contributed by atoms with Crippen molar-refractivity contribution >= 4 is 17.7 Å². The fourth-order valence-corrected chi connectivity index (χ4v) is 4.34. The van der Waals surface area contributed by atoms with Gasteiger partial charge in [0.2, 0.25) is 11.9 Å². The molecule has 0 saturated carbocycles. The molecule has 1 aromatic carbocycles. The number of hydrogen-bond acceptors (Lipinski definition) is 5. The van der Waals surface area contributed by atoms with Crippen molar-refractivity contribution in [2.24, 2.45) is 0 Å². The number of aromatic nitrogens is 2. The largest absolute Gasteiger partial charge is 0.356 e. The lowest BCUT2D eigenvalue weighted by Crippen LogP contribution is -2.51. The Morgan fingerprint density at radius 1 is 1.18 bits per heavy atom. The second-order valence-electron chi connectivity index (χ2n) is 8.19. The Labute approximate surface area is 167 Å². The van der Waals surface area contributed by atoms with Crippen LogP contribution in [0.2, 0.25) is 0 Å². The Bertz CT molecular complexity index is 843. The number of piperidine rings is 1. The van der Waals surface area contributed by atoms with E-state index in [0.717, 1.165) is 61.8 Å². The first-order valence-electron chi connectivity index (χ1n) is 10.2. The van der Waals surface area contributed by atoms with Gasteiger partial charge in [0.25, 0.3) is 0 Å². The molecule has 1 aromatic heterocycles. The third-order valence-electron chi connectivity index (χ3n) is 6.06. The van der Waals surface area contributed by atoms with Crippen LogP contribution < -0.4 is 15.1 Å². The molecule has 2 fully saturated rings. The average molecular weight is 380 g/mol. The molecule has 6 heteroatoms. The first-order valence-corrected chi connectivity index (χ1v) is 10.2. The monoisotopic (exact) mass is 379 g/mol. The van der Waals surface area contributed by atoms with Gasteiger partial charge >= 0.3 is 0 Å². The number of rotatable bonds is 4. The standard InChI is InChI=1S/C22H29N5O/c1-4-17-14-19(24-21(23-17)26(2)3)27-12-10-22(11-13-27)15-18(20(28)25-22)16-8-6-5-7-9-16/h5-9,14,18H,4,10-13,15H2,1-3H3,(H,25,28)/t18-/m0/s1. The number of carbonyl (C=O) groups is 1. The lowest BCUT2D eigenvalue weighted by Gasteiger charge is -2.40. The van der Waals surface area contributed by atoms with Crippen molar-refractivity contribution in [2.75, 3.05) is 37.0 Å². The SMILES string of the molecule is CCc1cc(N2CCC3(CC2)C[C@@H](c2ccccc2)C(=O)N3)nc(N(C)C)n1. The summed E-state index contributed by atoms with van der Waals surface area (Å²) in [5.74, 6) is 1.89. The van der Waals surface area contributed by atoms with Crippen molar-refractivity contribution < 1.29 is 4.79 Å². The van der Waals surface area contributed by atoms with Gasteiger partial charge in [0, 0.05) is 44.5 Å². The molecule has 2 aliphatic heterocycles. The summed E-state index contributed by atoms with van der Waals surface area (Å²) in [6, 6.07) is 12.3. The lowest BCUT2D eigenvalue weighted by atomic mass is 9.82. The van der Waals surface area contributed by atoms with Crippen molar-refractivity contribution in [1.29, 1.82) is 0 Å². The van der Waals surface area contributed by atoms with Gasteiger partial charge in [-0.05, 0) is 31.2 Å². The summed E-state index contributed by atoms with van der Waals surface area (Å²) in [6.07, 6.45) is 3.68. The molecular weight excluding hydrogens is 350 g/mol. The van der Waals surface area contributed by atoms with E-state index in [1.807, 2.05) is 37.2 Å². The number of nitrogens with zero attached hydrogens (tertiary/aromatic N) is 4. The molecule has 0 aliphatic carbocycles. The first kappa shape index (κ1) is 18.7. The molecule has 148 valence electrons. The maximum atomic E-state index is 12.7. The van der Waals surface area contributed by atoms with E-state index >= 15 is 0 Å². The van der Waals surface area contributed by atoms with Gasteiger partial charge in [-0.15, -0.1) is 0 Å². The fraction of sp³-hybridized carbons (Fsp3) is 0.500. The zero-order valence-electron chi connectivity index (χ0n) is 17.0. The molecule has 28 heavy (non-hydrogen) atoms. The number of carbonyl (C=O) groups excluding carboxylic acids is 1. The smallest absolute Gasteiger partial charge is 0.228 e. The van der Waals surface area contributed by atoms with Crippen LogP contribution in [-0.2, 0) is 11.2 Å². The van der Waals surface area contributed by atoms with Crippen LogP contribution in [0.3, 0.4) is 0 Å². The molecule has 0 bridgehead atoms. The fourth-order valence-electron chi connectivity index (χ4n) is 4.34. The predicted octanol–water partition coefficient (Wildman–Crippen LogP) is 2.75. The van der Waals surface area contributed by atoms with E-state index in [1.165, 1.54) is 0 Å². The molecule has 0 radical (unpaired) electrons. The highest BCUT2D eigenvalue weighted by molar-refractivity contribution is 5.87. The van der Waals surface area contributed by atoms with Gasteiger partial charge in [-0.2, -0.15) is 4.98 Å². The number of amides is 1. The highest BCUT2D eigenvalue weighted by Crippen LogP contribution is 2.39. The quantitative estimate of drug-likeness (QED) is 0.885. The summed E-state index contributed by atoms with van der Waals surface area (Å²) < 4.78 is 0. The van der Waals surface area contributed by atoms with Gasteiger partial charge < -0.3 is 15.1 Å². The van der Waals surface area contributed by atoms with Crippen molar-refractivity contribution in [3.8, 4) is 0 Å². The average Bonchev–Trinajstić information content (AvgIpc) is 3.04. The minimum absolute atomic E-state index is 0.0289. The highest BCUT2D eigenvalue weighted by Gasteiger charge is 2.46. The van der Waals surface area contributed by atoms with Gasteiger partial charge in [0.1, 0.15) is 5.82 Å². The van der Waals surface area contributed by atoms with Crippen molar-refractivity contribution in [1.82, 2.24) is 15.3 Å². The van der Waals surface area contributed by atoms with Crippen molar-refractivity contribution in [2.45, 2.75) is 44.1 Å². The zero-order valence-corrected chi connectivity index (χ0v) is 17.0. The molecule has 1 atom stereocenters. The minimum atomic E-state index is -0.0842. The van der Waals surface area contributed by atoms with Gasteiger partial charge in [-0.3, -0.25) is 4.79 Å². The maximum absolute atomic E-state index is 12.7. The van der Waals surface area contributed by atoms with E-state index in [-0.39, 0.29) is 17.4 Å². The Balaban J connectivity index is 1.48. The molecule has 1 N–H and O–H groups in total. The number of anilines is 2. The number of aryl methyl sites for hydroxylation is 1. The van der Waals surface area contributed by atoms with E-state index in [1.54, 1.807) is 0 Å². The number of benzene rings is 1. The van der Waals surface area contributed by atoms with Crippen LogP contribution in [0.15, 0.2) is 36.4 Å². The van der Waals surface area contributed by atoms with Gasteiger partial charge in [-0.25, -0.2) is 4.98 Å². The molecule has 1 amide bonds. The van der Waals surface area contributed by atoms with Crippen LogP contribution >= 0.6 is 0 Å². The van der Waals surface area contributed by atoms with Crippen LogP contribution in [0.5, 0.6) is 0 Å². The molecule has 2 saturated heterocycles. The zero-order chi connectivity index (χ0) is 19.7. The topological polar surface area (TPSA) is 61.4 Å². The molecular formula is C22H29N5O. The van der Waals surface area contributed by atoms with Crippen LogP contribution in [0.4, 0.5) is 11.8 Å². The predicted molar refractivity (Wildman–Crippen MR) is 112 cm³/mol. The van der Waals surface area contributed by atoms with E-state index in [9.17, 15) is 4.79 Å². The van der Waals surface area contributed by atoms with E-state index in [4.69, 9.17) is 4.98 Å². The van der Waals surface area contributed by atoms with E-state index in [0.29, 0.717) is 0 Å². The summed E-state index contributed by atoms with van der Waals surface area (Å²) >= 11 is 0. The number of hydrogen-bond donors (Lipinski definition) is 1. The Hall–Kier alpha value is -2.63. The molecule has 0 unspecified atom stereocenters. The van der Waals surface area contributed by atoms with Crippen LogP contribution in [-0.4, -0.2) is 48.6 Å². The highest BCUT2D eigenvalue weighted by atomic mass is 16.2. The van der Waals surface area contributed by atoms with E-state index < -0.39 is 0 Å². The van der Waals surface area contributed by atoms with Crippen LogP contribution in [0, 0.1) is 0 Å². The normalized spacial score (nSPS) is 21.0. The minimum Gasteiger partial charge on any atom is -0.356 e.